The number of nitrogens with zero attached hydrogens (tertiary/aromatic N) is 3. The minimum Gasteiger partial charge on any atom is -0.494 e. The molecule has 0 fully saturated rings. The van der Waals surface area contributed by atoms with Gasteiger partial charge in [0.25, 0.3) is 0 Å². The average Bonchev–Trinajstić information content (AvgIpc) is 2.79. The Morgan fingerprint density at radius 1 is 1.45 bits per heavy atom. The molecule has 0 saturated heterocycles. The Labute approximate surface area is 120 Å². The molecule has 6 nitrogen and oxygen atoms in total. The van der Waals surface area contributed by atoms with Crippen LogP contribution < -0.4 is 10.4 Å². The number of hydrogen-bond donors (Lipinski definition) is 1. The van der Waals surface area contributed by atoms with Crippen LogP contribution in [0.4, 0.5) is 0 Å². The highest BCUT2D eigenvalue weighted by atomic mass is 32.2. The molecule has 7 heteroatoms. The van der Waals surface area contributed by atoms with E-state index in [0.717, 1.165) is 17.9 Å². The number of H-pyrrole nitrogens is 1. The van der Waals surface area contributed by atoms with E-state index in [-0.39, 0.29) is 5.69 Å². The first kappa shape index (κ1) is 14.2. The van der Waals surface area contributed by atoms with Crippen LogP contribution in [0.5, 0.6) is 5.75 Å². The van der Waals surface area contributed by atoms with Gasteiger partial charge in [0, 0.05) is 12.8 Å². The fraction of sp³-hybridized carbons (Fsp3) is 0.308. The molecule has 0 bridgehead atoms. The number of benzene rings is 1. The second-order valence-corrected chi connectivity index (χ2v) is 5.12. The van der Waals surface area contributed by atoms with Crippen LogP contribution in [0.15, 0.2) is 34.2 Å². The Morgan fingerprint density at radius 2 is 2.20 bits per heavy atom. The Morgan fingerprint density at radius 3 is 2.80 bits per heavy atom. The van der Waals surface area contributed by atoms with Gasteiger partial charge < -0.3 is 4.74 Å². The highest BCUT2D eigenvalue weighted by molar-refractivity contribution is 7.99. The third-order valence-corrected chi connectivity index (χ3v) is 3.73. The predicted molar refractivity (Wildman–Crippen MR) is 75.8 cm³/mol. The van der Waals surface area contributed by atoms with Crippen LogP contribution >= 0.6 is 11.8 Å². The molecular weight excluding hydrogens is 276 g/mol. The Balaban J connectivity index is 1.70. The van der Waals surface area contributed by atoms with E-state index < -0.39 is 0 Å². The number of thioether (sulfide) groups is 1. The summed E-state index contributed by atoms with van der Waals surface area (Å²) in [5.41, 5.74) is 0.411. The number of aromatic nitrogens is 3. The van der Waals surface area contributed by atoms with E-state index in [1.807, 2.05) is 0 Å². The normalized spacial score (nSPS) is 10.2. The molecule has 0 aliphatic rings. The van der Waals surface area contributed by atoms with Crippen molar-refractivity contribution in [2.75, 3.05) is 12.4 Å². The average molecular weight is 290 g/mol. The molecule has 0 spiro atoms. The maximum Gasteiger partial charge on any atom is 0.343 e. The minimum absolute atomic E-state index is 0.207. The van der Waals surface area contributed by atoms with E-state index in [1.165, 1.54) is 16.3 Å². The van der Waals surface area contributed by atoms with Crippen LogP contribution in [0.25, 0.3) is 0 Å². The zero-order chi connectivity index (χ0) is 14.4. The van der Waals surface area contributed by atoms with Gasteiger partial charge in [-0.3, -0.25) is 4.57 Å². The van der Waals surface area contributed by atoms with Crippen LogP contribution in [0.3, 0.4) is 0 Å². The fourth-order valence-electron chi connectivity index (χ4n) is 1.50. The number of rotatable bonds is 6. The zero-order valence-electron chi connectivity index (χ0n) is 11.0. The topological polar surface area (TPSA) is 83.7 Å². The number of hydrogen-bond acceptors (Lipinski definition) is 5. The van der Waals surface area contributed by atoms with Crippen LogP contribution in [0, 0.1) is 11.3 Å². The lowest BCUT2D eigenvalue weighted by molar-refractivity contribution is 0.318. The molecule has 1 aromatic carbocycles. The van der Waals surface area contributed by atoms with Gasteiger partial charge >= 0.3 is 5.69 Å². The molecule has 0 radical (unpaired) electrons. The molecule has 0 unspecified atom stereocenters. The minimum atomic E-state index is -0.207. The summed E-state index contributed by atoms with van der Waals surface area (Å²) in [5.74, 6) is 1.56. The highest BCUT2D eigenvalue weighted by Crippen LogP contribution is 2.15. The molecule has 2 rings (SSSR count). The van der Waals surface area contributed by atoms with E-state index in [1.54, 1.807) is 31.3 Å². The van der Waals surface area contributed by atoms with Gasteiger partial charge in [-0.05, 0) is 30.7 Å². The molecule has 0 atom stereocenters. The van der Waals surface area contributed by atoms with Crippen molar-refractivity contribution in [3.8, 4) is 11.8 Å². The van der Waals surface area contributed by atoms with Gasteiger partial charge in [-0.2, -0.15) is 5.26 Å². The molecule has 0 amide bonds. The third kappa shape index (κ3) is 3.65. The summed E-state index contributed by atoms with van der Waals surface area (Å²) in [7, 11) is 1.68. The Kier molecular flexibility index (Phi) is 4.85. The lowest BCUT2D eigenvalue weighted by Gasteiger charge is -2.05. The molecule has 104 valence electrons. The van der Waals surface area contributed by atoms with Crippen molar-refractivity contribution in [1.29, 1.82) is 5.26 Å². The molecule has 1 heterocycles. The lowest BCUT2D eigenvalue weighted by atomic mass is 10.2. The molecule has 0 aliphatic carbocycles. The molecular formula is C13H14N4O2S. The number of aromatic amines is 1. The van der Waals surface area contributed by atoms with Crippen molar-refractivity contribution in [3.63, 3.8) is 0 Å². The number of ether oxygens (including phenoxy) is 1. The van der Waals surface area contributed by atoms with Crippen molar-refractivity contribution in [2.45, 2.75) is 11.6 Å². The van der Waals surface area contributed by atoms with Crippen LogP contribution in [0.1, 0.15) is 12.0 Å². The second kappa shape index (κ2) is 6.82. The first-order valence-electron chi connectivity index (χ1n) is 6.08. The Hall–Kier alpha value is -2.20. The van der Waals surface area contributed by atoms with Gasteiger partial charge in [-0.1, -0.05) is 11.8 Å². The highest BCUT2D eigenvalue weighted by Gasteiger charge is 2.04. The maximum atomic E-state index is 11.1. The third-order valence-electron chi connectivity index (χ3n) is 2.61. The first-order valence-corrected chi connectivity index (χ1v) is 7.06. The SMILES string of the molecule is Cn1c(SCCCOc2ccc(C#N)cc2)n[nH]c1=O. The fourth-order valence-corrected chi connectivity index (χ4v) is 2.33. The van der Waals surface area contributed by atoms with Crippen molar-refractivity contribution in [1.82, 2.24) is 14.8 Å². The van der Waals surface area contributed by atoms with E-state index in [4.69, 9.17) is 10.00 Å². The van der Waals surface area contributed by atoms with E-state index in [9.17, 15) is 4.79 Å². The van der Waals surface area contributed by atoms with Gasteiger partial charge in [0.2, 0.25) is 0 Å². The van der Waals surface area contributed by atoms with Gasteiger partial charge in [0.1, 0.15) is 5.75 Å². The standard InChI is InChI=1S/C13H14N4O2S/c1-17-12(18)15-16-13(17)20-8-2-7-19-11-5-3-10(9-14)4-6-11/h3-6H,2,7-8H2,1H3,(H,15,18). The van der Waals surface area contributed by atoms with Crippen molar-refractivity contribution >= 4 is 11.8 Å². The molecule has 0 saturated carbocycles. The zero-order valence-corrected chi connectivity index (χ0v) is 11.8. The molecule has 1 N–H and O–H groups in total. The number of nitriles is 1. The predicted octanol–water partition coefficient (Wildman–Crippen LogP) is 1.54. The second-order valence-electron chi connectivity index (χ2n) is 4.06. The summed E-state index contributed by atoms with van der Waals surface area (Å²) in [4.78, 5) is 11.1. The quantitative estimate of drug-likeness (QED) is 0.644. The smallest absolute Gasteiger partial charge is 0.343 e. The molecule has 0 aliphatic heterocycles. The first-order chi connectivity index (χ1) is 9.70. The Bertz CT molecular complexity index is 654. The van der Waals surface area contributed by atoms with Crippen molar-refractivity contribution in [3.05, 3.63) is 40.3 Å². The summed E-state index contributed by atoms with van der Waals surface area (Å²) in [6, 6.07) is 9.07. The van der Waals surface area contributed by atoms with E-state index >= 15 is 0 Å². The number of nitrogens with one attached hydrogen (secondary N) is 1. The van der Waals surface area contributed by atoms with Gasteiger partial charge in [-0.15, -0.1) is 5.10 Å². The van der Waals surface area contributed by atoms with Crippen LogP contribution in [-0.4, -0.2) is 27.1 Å². The summed E-state index contributed by atoms with van der Waals surface area (Å²) in [5, 5.41) is 15.7. The largest absolute Gasteiger partial charge is 0.494 e. The van der Waals surface area contributed by atoms with Gasteiger partial charge in [-0.25, -0.2) is 9.89 Å². The summed E-state index contributed by atoms with van der Waals surface area (Å²) < 4.78 is 7.04. The van der Waals surface area contributed by atoms with E-state index in [2.05, 4.69) is 16.3 Å². The van der Waals surface area contributed by atoms with Crippen LogP contribution in [-0.2, 0) is 7.05 Å². The lowest BCUT2D eigenvalue weighted by Crippen LogP contribution is -2.13. The maximum absolute atomic E-state index is 11.1. The summed E-state index contributed by atoms with van der Waals surface area (Å²) >= 11 is 1.51. The van der Waals surface area contributed by atoms with Crippen molar-refractivity contribution in [2.24, 2.45) is 7.05 Å². The summed E-state index contributed by atoms with van der Waals surface area (Å²) in [6.07, 6.45) is 0.839. The molecule has 1 aromatic heterocycles. The van der Waals surface area contributed by atoms with Gasteiger partial charge in [0.15, 0.2) is 5.16 Å². The summed E-state index contributed by atoms with van der Waals surface area (Å²) in [6.45, 7) is 0.581. The van der Waals surface area contributed by atoms with Crippen LogP contribution in [0.2, 0.25) is 0 Å². The van der Waals surface area contributed by atoms with E-state index in [0.29, 0.717) is 17.3 Å². The molecule has 20 heavy (non-hydrogen) atoms. The van der Waals surface area contributed by atoms with Gasteiger partial charge in [0.05, 0.1) is 18.2 Å². The van der Waals surface area contributed by atoms with Crippen molar-refractivity contribution < 1.29 is 4.74 Å². The molecule has 2 aromatic rings. The monoisotopic (exact) mass is 290 g/mol.